The van der Waals surface area contributed by atoms with Crippen LogP contribution in [0.15, 0.2) is 27.1 Å². The fraction of sp³-hybridized carbons (Fsp3) is 0.357. The van der Waals surface area contributed by atoms with E-state index in [0.717, 1.165) is 45.1 Å². The zero-order chi connectivity index (χ0) is 14.5. The maximum absolute atomic E-state index is 5.99. The normalized spacial score (nSPS) is 11.0. The van der Waals surface area contributed by atoms with E-state index in [0.29, 0.717) is 11.8 Å². The first-order chi connectivity index (χ1) is 9.63. The molecule has 1 heterocycles. The van der Waals surface area contributed by atoms with Crippen LogP contribution in [0.1, 0.15) is 13.3 Å². The largest absolute Gasteiger partial charge is 0.489 e. The van der Waals surface area contributed by atoms with Crippen molar-refractivity contribution in [3.63, 3.8) is 0 Å². The van der Waals surface area contributed by atoms with Gasteiger partial charge in [0.15, 0.2) is 5.75 Å². The minimum absolute atomic E-state index is 0.455. The van der Waals surface area contributed by atoms with E-state index in [2.05, 4.69) is 49.1 Å². The fourth-order valence-corrected chi connectivity index (χ4v) is 3.37. The van der Waals surface area contributed by atoms with Gasteiger partial charge in [-0.25, -0.2) is 4.98 Å². The van der Waals surface area contributed by atoms with E-state index in [1.165, 1.54) is 0 Å². The molecule has 0 aliphatic carbocycles. The van der Waals surface area contributed by atoms with Crippen molar-refractivity contribution in [3.8, 4) is 5.75 Å². The number of pyridine rings is 1. The van der Waals surface area contributed by atoms with Gasteiger partial charge in [0.1, 0.15) is 17.3 Å². The van der Waals surface area contributed by atoms with Crippen LogP contribution in [-0.2, 0) is 0 Å². The van der Waals surface area contributed by atoms with Gasteiger partial charge in [-0.05, 0) is 47.1 Å². The van der Waals surface area contributed by atoms with Gasteiger partial charge in [-0.2, -0.15) is 0 Å². The van der Waals surface area contributed by atoms with Crippen LogP contribution in [0, 0.1) is 0 Å². The summed E-state index contributed by atoms with van der Waals surface area (Å²) in [5.41, 5.74) is 0.759. The van der Waals surface area contributed by atoms with Crippen molar-refractivity contribution < 1.29 is 4.74 Å². The molecule has 1 N–H and O–H groups in total. The highest BCUT2D eigenvalue weighted by molar-refractivity contribution is 9.11. The molecule has 1 aromatic heterocycles. The summed E-state index contributed by atoms with van der Waals surface area (Å²) < 4.78 is 7.68. The minimum Gasteiger partial charge on any atom is -0.489 e. The number of hydrogen-bond donors (Lipinski definition) is 1. The Hall–Kier alpha value is -0.360. The molecule has 3 nitrogen and oxygen atoms in total. The number of halogens is 3. The van der Waals surface area contributed by atoms with Gasteiger partial charge < -0.3 is 10.1 Å². The number of aromatic nitrogens is 1. The first kappa shape index (κ1) is 16.0. The summed E-state index contributed by atoms with van der Waals surface area (Å²) in [6.07, 6.45) is 1.11. The molecule has 0 amide bonds. The number of nitrogens with one attached hydrogen (secondary N) is 1. The van der Waals surface area contributed by atoms with Gasteiger partial charge in [0, 0.05) is 16.4 Å². The zero-order valence-corrected chi connectivity index (χ0v) is 15.0. The molecule has 0 saturated heterocycles. The standard InChI is InChI=1S/C14H15Br2ClN2O/c1-2-5-18-6-7-20-14-11(16)8-10(15)9-3-4-12(17)19-13(9)14/h3-4,8,18H,2,5-7H2,1H3. The monoisotopic (exact) mass is 420 g/mol. The summed E-state index contributed by atoms with van der Waals surface area (Å²) in [6, 6.07) is 5.67. The lowest BCUT2D eigenvalue weighted by Crippen LogP contribution is -2.21. The molecule has 0 atom stereocenters. The number of hydrogen-bond acceptors (Lipinski definition) is 3. The second-order valence-electron chi connectivity index (χ2n) is 4.30. The predicted molar refractivity (Wildman–Crippen MR) is 90.8 cm³/mol. The molecule has 1 aromatic carbocycles. The summed E-state index contributed by atoms with van der Waals surface area (Å²) in [7, 11) is 0. The number of rotatable bonds is 6. The first-order valence-corrected chi connectivity index (χ1v) is 8.37. The van der Waals surface area contributed by atoms with Crippen molar-refractivity contribution >= 4 is 54.4 Å². The SMILES string of the molecule is CCCNCCOc1c(Br)cc(Br)c2ccc(Cl)nc12. The maximum atomic E-state index is 5.99. The summed E-state index contributed by atoms with van der Waals surface area (Å²) in [5, 5.41) is 4.74. The molecule has 0 spiro atoms. The van der Waals surface area contributed by atoms with Crippen molar-refractivity contribution in [2.75, 3.05) is 19.7 Å². The van der Waals surface area contributed by atoms with Gasteiger partial charge >= 0.3 is 0 Å². The maximum Gasteiger partial charge on any atom is 0.159 e. The van der Waals surface area contributed by atoms with Crippen LogP contribution in [0.2, 0.25) is 5.15 Å². The van der Waals surface area contributed by atoms with Gasteiger partial charge in [-0.15, -0.1) is 0 Å². The van der Waals surface area contributed by atoms with E-state index in [9.17, 15) is 0 Å². The Bertz CT molecular complexity index is 607. The van der Waals surface area contributed by atoms with Gasteiger partial charge in [0.2, 0.25) is 0 Å². The smallest absolute Gasteiger partial charge is 0.159 e. The van der Waals surface area contributed by atoms with Crippen LogP contribution in [0.5, 0.6) is 5.75 Å². The Labute approximate surface area is 140 Å². The number of nitrogens with zero attached hydrogens (tertiary/aromatic N) is 1. The van der Waals surface area contributed by atoms with E-state index < -0.39 is 0 Å². The lowest BCUT2D eigenvalue weighted by molar-refractivity contribution is 0.315. The third kappa shape index (κ3) is 3.85. The third-order valence-corrected chi connectivity index (χ3v) is 4.21. The Kier molecular flexibility index (Phi) is 6.08. The Morgan fingerprint density at radius 1 is 1.25 bits per heavy atom. The number of ether oxygens (including phenoxy) is 1. The van der Waals surface area contributed by atoms with Crippen LogP contribution in [-0.4, -0.2) is 24.7 Å². The molecule has 0 radical (unpaired) electrons. The van der Waals surface area contributed by atoms with Gasteiger partial charge in [0.25, 0.3) is 0 Å². The Morgan fingerprint density at radius 3 is 2.80 bits per heavy atom. The fourth-order valence-electron chi connectivity index (χ4n) is 1.83. The second-order valence-corrected chi connectivity index (χ2v) is 6.39. The van der Waals surface area contributed by atoms with Crippen LogP contribution < -0.4 is 10.1 Å². The van der Waals surface area contributed by atoms with E-state index in [4.69, 9.17) is 16.3 Å². The van der Waals surface area contributed by atoms with E-state index >= 15 is 0 Å². The highest BCUT2D eigenvalue weighted by Gasteiger charge is 2.12. The zero-order valence-electron chi connectivity index (χ0n) is 11.0. The van der Waals surface area contributed by atoms with Crippen LogP contribution >= 0.6 is 43.5 Å². The number of fused-ring (bicyclic) bond motifs is 1. The molecule has 0 aliphatic rings. The number of benzene rings is 1. The van der Waals surface area contributed by atoms with Crippen molar-refractivity contribution in [2.45, 2.75) is 13.3 Å². The van der Waals surface area contributed by atoms with Crippen molar-refractivity contribution in [1.82, 2.24) is 10.3 Å². The minimum atomic E-state index is 0.455. The van der Waals surface area contributed by atoms with E-state index in [-0.39, 0.29) is 0 Å². The van der Waals surface area contributed by atoms with Gasteiger partial charge in [0.05, 0.1) is 4.47 Å². The Balaban J connectivity index is 2.25. The van der Waals surface area contributed by atoms with Crippen molar-refractivity contribution in [2.24, 2.45) is 0 Å². The molecule has 0 bridgehead atoms. The van der Waals surface area contributed by atoms with Gasteiger partial charge in [-0.1, -0.05) is 34.5 Å². The molecule has 2 aromatic rings. The molecule has 108 valence electrons. The van der Waals surface area contributed by atoms with Crippen LogP contribution in [0.4, 0.5) is 0 Å². The van der Waals surface area contributed by atoms with Crippen LogP contribution in [0.25, 0.3) is 10.9 Å². The molecule has 0 saturated carbocycles. The molecular weight excluding hydrogens is 407 g/mol. The topological polar surface area (TPSA) is 34.1 Å². The summed E-state index contributed by atoms with van der Waals surface area (Å²) >= 11 is 13.0. The highest BCUT2D eigenvalue weighted by Crippen LogP contribution is 2.38. The van der Waals surface area contributed by atoms with Crippen molar-refractivity contribution in [3.05, 3.63) is 32.3 Å². The van der Waals surface area contributed by atoms with Crippen LogP contribution in [0.3, 0.4) is 0 Å². The molecule has 0 aliphatic heterocycles. The van der Waals surface area contributed by atoms with Gasteiger partial charge in [-0.3, -0.25) is 0 Å². The average molecular weight is 423 g/mol. The molecule has 2 rings (SSSR count). The lowest BCUT2D eigenvalue weighted by atomic mass is 10.2. The summed E-state index contributed by atoms with van der Waals surface area (Å²) in [5.74, 6) is 0.726. The average Bonchev–Trinajstić information content (AvgIpc) is 2.41. The van der Waals surface area contributed by atoms with E-state index in [1.54, 1.807) is 6.07 Å². The molecule has 6 heteroatoms. The lowest BCUT2D eigenvalue weighted by Gasteiger charge is -2.12. The Morgan fingerprint density at radius 2 is 2.05 bits per heavy atom. The van der Waals surface area contributed by atoms with Crippen molar-refractivity contribution in [1.29, 1.82) is 0 Å². The second kappa shape index (κ2) is 7.59. The molecule has 0 unspecified atom stereocenters. The predicted octanol–water partition coefficient (Wildman–Crippen LogP) is 4.79. The summed E-state index contributed by atoms with van der Waals surface area (Å²) in [6.45, 7) is 4.52. The molecule has 0 fully saturated rings. The quantitative estimate of drug-likeness (QED) is 0.537. The third-order valence-electron chi connectivity index (χ3n) is 2.76. The highest BCUT2D eigenvalue weighted by atomic mass is 79.9. The molecule has 20 heavy (non-hydrogen) atoms. The van der Waals surface area contributed by atoms with E-state index in [1.807, 2.05) is 12.1 Å². The first-order valence-electron chi connectivity index (χ1n) is 6.41. The summed E-state index contributed by atoms with van der Waals surface area (Å²) in [4.78, 5) is 4.37. The molecular formula is C14H15Br2ClN2O.